The summed E-state index contributed by atoms with van der Waals surface area (Å²) in [6.45, 7) is 5.24. The number of halogens is 1. The summed E-state index contributed by atoms with van der Waals surface area (Å²) in [5.74, 6) is 0. The first-order chi connectivity index (χ1) is 3.98. The number of nitrogens with two attached hydrogens (primary N) is 1. The molecular formula is C7H14FN. The molecule has 0 fully saturated rings. The highest BCUT2D eigenvalue weighted by atomic mass is 19.1. The summed E-state index contributed by atoms with van der Waals surface area (Å²) in [7, 11) is 0. The predicted molar refractivity (Wildman–Crippen MR) is 38.0 cm³/mol. The second-order valence-corrected chi connectivity index (χ2v) is 2.70. The molecule has 0 saturated heterocycles. The summed E-state index contributed by atoms with van der Waals surface area (Å²) < 4.78 is 12.9. The van der Waals surface area contributed by atoms with Gasteiger partial charge in [-0.25, -0.2) is 4.39 Å². The van der Waals surface area contributed by atoms with Crippen molar-refractivity contribution in [3.63, 3.8) is 0 Å². The summed E-state index contributed by atoms with van der Waals surface area (Å²) in [6.07, 6.45) is 1.53. The molecule has 0 bridgehead atoms. The summed E-state index contributed by atoms with van der Waals surface area (Å²) in [4.78, 5) is 0. The van der Waals surface area contributed by atoms with E-state index in [0.29, 0.717) is 0 Å². The Labute approximate surface area is 55.7 Å². The number of hydrogen-bond donors (Lipinski definition) is 1. The molecule has 0 amide bonds. The number of rotatable bonds is 2. The van der Waals surface area contributed by atoms with Gasteiger partial charge in [0.1, 0.15) is 5.67 Å². The topological polar surface area (TPSA) is 26.0 Å². The van der Waals surface area contributed by atoms with Gasteiger partial charge in [-0.1, -0.05) is 5.57 Å². The van der Waals surface area contributed by atoms with Crippen molar-refractivity contribution >= 4 is 0 Å². The zero-order valence-electron chi connectivity index (χ0n) is 6.24. The number of hydrogen-bond acceptors (Lipinski definition) is 1. The maximum atomic E-state index is 12.9. The third-order valence-electron chi connectivity index (χ3n) is 0.989. The van der Waals surface area contributed by atoms with Crippen molar-refractivity contribution in [2.75, 3.05) is 6.54 Å². The smallest absolute Gasteiger partial charge is 0.138 e. The molecule has 0 heterocycles. The Morgan fingerprint density at radius 3 is 2.22 bits per heavy atom. The second-order valence-electron chi connectivity index (χ2n) is 2.70. The molecule has 54 valence electrons. The van der Waals surface area contributed by atoms with Crippen LogP contribution in [0.1, 0.15) is 20.8 Å². The van der Waals surface area contributed by atoms with Crippen LogP contribution in [-0.4, -0.2) is 12.2 Å². The van der Waals surface area contributed by atoms with Crippen molar-refractivity contribution in [3.05, 3.63) is 11.6 Å². The monoisotopic (exact) mass is 131 g/mol. The molecule has 0 aliphatic rings. The van der Waals surface area contributed by atoms with Gasteiger partial charge in [-0.15, -0.1) is 0 Å². The zero-order chi connectivity index (χ0) is 7.49. The van der Waals surface area contributed by atoms with Crippen LogP contribution in [0.15, 0.2) is 11.6 Å². The Morgan fingerprint density at radius 1 is 1.67 bits per heavy atom. The Balaban J connectivity index is 4.01. The van der Waals surface area contributed by atoms with Crippen LogP contribution in [0.5, 0.6) is 0 Å². The van der Waals surface area contributed by atoms with Crippen molar-refractivity contribution in [1.29, 1.82) is 0 Å². The molecule has 0 aromatic rings. The second kappa shape index (κ2) is 2.97. The number of alkyl halides is 1. The van der Waals surface area contributed by atoms with Gasteiger partial charge < -0.3 is 5.73 Å². The summed E-state index contributed by atoms with van der Waals surface area (Å²) in [5.41, 5.74) is 4.78. The van der Waals surface area contributed by atoms with E-state index in [-0.39, 0.29) is 6.54 Å². The molecule has 1 atom stereocenters. The Morgan fingerprint density at radius 2 is 2.11 bits per heavy atom. The lowest BCUT2D eigenvalue weighted by Crippen LogP contribution is -2.26. The maximum Gasteiger partial charge on any atom is 0.138 e. The van der Waals surface area contributed by atoms with Crippen LogP contribution >= 0.6 is 0 Å². The molecule has 1 unspecified atom stereocenters. The minimum Gasteiger partial charge on any atom is -0.327 e. The lowest BCUT2D eigenvalue weighted by Gasteiger charge is -2.12. The number of allylic oxidation sites excluding steroid dienone is 1. The lowest BCUT2D eigenvalue weighted by molar-refractivity contribution is 0.266. The van der Waals surface area contributed by atoms with E-state index in [0.717, 1.165) is 5.57 Å². The van der Waals surface area contributed by atoms with Gasteiger partial charge in [0.2, 0.25) is 0 Å². The van der Waals surface area contributed by atoms with Crippen molar-refractivity contribution in [3.8, 4) is 0 Å². The van der Waals surface area contributed by atoms with Crippen LogP contribution in [0.4, 0.5) is 4.39 Å². The van der Waals surface area contributed by atoms with Crippen LogP contribution in [0.3, 0.4) is 0 Å². The fourth-order valence-corrected chi connectivity index (χ4v) is 0.661. The predicted octanol–water partition coefficient (Wildman–Crippen LogP) is 1.64. The molecule has 0 rings (SSSR count). The van der Waals surface area contributed by atoms with Gasteiger partial charge in [-0.05, 0) is 26.8 Å². The lowest BCUT2D eigenvalue weighted by atomic mass is 10.1. The standard InChI is InChI=1S/C7H14FN/c1-6(2)4-7(3,8)5-9/h4H,5,9H2,1-3H3. The molecule has 2 heteroatoms. The van der Waals surface area contributed by atoms with Gasteiger partial charge in [0.05, 0.1) is 0 Å². The summed E-state index contributed by atoms with van der Waals surface area (Å²) in [6, 6.07) is 0. The van der Waals surface area contributed by atoms with Crippen LogP contribution in [0.25, 0.3) is 0 Å². The molecule has 0 aliphatic carbocycles. The van der Waals surface area contributed by atoms with E-state index in [4.69, 9.17) is 5.73 Å². The van der Waals surface area contributed by atoms with Crippen molar-refractivity contribution in [1.82, 2.24) is 0 Å². The van der Waals surface area contributed by atoms with Gasteiger partial charge >= 0.3 is 0 Å². The Bertz CT molecular complexity index is 112. The molecular weight excluding hydrogens is 117 g/mol. The fraction of sp³-hybridized carbons (Fsp3) is 0.714. The van der Waals surface area contributed by atoms with Crippen molar-refractivity contribution in [2.45, 2.75) is 26.4 Å². The molecule has 0 radical (unpaired) electrons. The average Bonchev–Trinajstić information content (AvgIpc) is 1.63. The molecule has 1 nitrogen and oxygen atoms in total. The van der Waals surface area contributed by atoms with E-state index in [1.807, 2.05) is 13.8 Å². The Kier molecular flexibility index (Phi) is 2.85. The van der Waals surface area contributed by atoms with Gasteiger partial charge in [0.25, 0.3) is 0 Å². The Hall–Kier alpha value is -0.370. The van der Waals surface area contributed by atoms with Crippen molar-refractivity contribution in [2.24, 2.45) is 5.73 Å². The third kappa shape index (κ3) is 4.15. The van der Waals surface area contributed by atoms with E-state index in [2.05, 4.69) is 0 Å². The van der Waals surface area contributed by atoms with Gasteiger partial charge in [-0.2, -0.15) is 0 Å². The summed E-state index contributed by atoms with van der Waals surface area (Å²) in [5, 5.41) is 0. The minimum atomic E-state index is -1.32. The fourth-order valence-electron chi connectivity index (χ4n) is 0.661. The molecule has 0 aromatic heterocycles. The molecule has 0 saturated carbocycles. The van der Waals surface area contributed by atoms with E-state index >= 15 is 0 Å². The van der Waals surface area contributed by atoms with Crippen molar-refractivity contribution < 1.29 is 4.39 Å². The van der Waals surface area contributed by atoms with Crippen LogP contribution < -0.4 is 5.73 Å². The minimum absolute atomic E-state index is 0.0537. The highest BCUT2D eigenvalue weighted by Crippen LogP contribution is 2.11. The first kappa shape index (κ1) is 8.63. The van der Waals surface area contributed by atoms with E-state index < -0.39 is 5.67 Å². The van der Waals surface area contributed by atoms with Crippen LogP contribution in [0.2, 0.25) is 0 Å². The quantitative estimate of drug-likeness (QED) is 0.566. The molecule has 0 aliphatic heterocycles. The normalized spacial score (nSPS) is 16.6. The largest absolute Gasteiger partial charge is 0.327 e. The van der Waals surface area contributed by atoms with E-state index in [1.165, 1.54) is 13.0 Å². The van der Waals surface area contributed by atoms with Crippen LogP contribution in [-0.2, 0) is 0 Å². The highest BCUT2D eigenvalue weighted by molar-refractivity contribution is 5.05. The van der Waals surface area contributed by atoms with Gasteiger partial charge in [-0.3, -0.25) is 0 Å². The summed E-state index contributed by atoms with van der Waals surface area (Å²) >= 11 is 0. The third-order valence-corrected chi connectivity index (χ3v) is 0.989. The van der Waals surface area contributed by atoms with E-state index in [9.17, 15) is 4.39 Å². The first-order valence-corrected chi connectivity index (χ1v) is 3.03. The van der Waals surface area contributed by atoms with Gasteiger partial charge in [0.15, 0.2) is 0 Å². The molecule has 2 N–H and O–H groups in total. The average molecular weight is 131 g/mol. The molecule has 9 heavy (non-hydrogen) atoms. The molecule has 0 spiro atoms. The SMILES string of the molecule is CC(C)=CC(C)(F)CN. The maximum absolute atomic E-state index is 12.9. The zero-order valence-corrected chi connectivity index (χ0v) is 6.24. The first-order valence-electron chi connectivity index (χ1n) is 3.03. The molecule has 0 aromatic carbocycles. The van der Waals surface area contributed by atoms with Gasteiger partial charge in [0, 0.05) is 6.54 Å². The highest BCUT2D eigenvalue weighted by Gasteiger charge is 2.15. The van der Waals surface area contributed by atoms with E-state index in [1.54, 1.807) is 0 Å². The van der Waals surface area contributed by atoms with Crippen LogP contribution in [0, 0.1) is 0 Å².